The molecule has 1 amide bonds. The third kappa shape index (κ3) is 6.04. The van der Waals surface area contributed by atoms with Crippen LogP contribution >= 0.6 is 0 Å². The summed E-state index contributed by atoms with van der Waals surface area (Å²) in [4.78, 5) is 27.4. The number of aromatic nitrogens is 4. The zero-order chi connectivity index (χ0) is 25.3. The van der Waals surface area contributed by atoms with Crippen LogP contribution in [0.5, 0.6) is 0 Å². The number of carbonyl (C=O) groups is 1. The van der Waals surface area contributed by atoms with Gasteiger partial charge in [-0.2, -0.15) is 0 Å². The van der Waals surface area contributed by atoms with Crippen LogP contribution < -0.4 is 15.4 Å². The van der Waals surface area contributed by atoms with E-state index in [9.17, 15) is 13.2 Å². The average molecular weight is 504 g/mol. The molecule has 1 aromatic carbocycles. The minimum atomic E-state index is -3.69. The number of halogens is 1. The van der Waals surface area contributed by atoms with Gasteiger partial charge in [0.2, 0.25) is 16.0 Å². The fraction of sp³-hybridized carbons (Fsp3) is 0.364. The molecule has 0 bridgehead atoms. The molecule has 35 heavy (non-hydrogen) atoms. The molecular formula is C22H26FN7O4S. The Morgan fingerprint density at radius 1 is 1.31 bits per heavy atom. The van der Waals surface area contributed by atoms with Crippen molar-refractivity contribution in [2.45, 2.75) is 38.6 Å². The fourth-order valence-corrected chi connectivity index (χ4v) is 4.17. The molecule has 0 unspecified atom stereocenters. The van der Waals surface area contributed by atoms with Gasteiger partial charge in [0.05, 0.1) is 23.3 Å². The van der Waals surface area contributed by atoms with Gasteiger partial charge in [-0.1, -0.05) is 0 Å². The van der Waals surface area contributed by atoms with Crippen molar-refractivity contribution in [1.29, 1.82) is 0 Å². The molecule has 2 heterocycles. The van der Waals surface area contributed by atoms with Crippen LogP contribution in [0.25, 0.3) is 22.6 Å². The van der Waals surface area contributed by atoms with Crippen LogP contribution in [-0.2, 0) is 10.0 Å². The maximum Gasteiger partial charge on any atom is 0.404 e. The van der Waals surface area contributed by atoms with E-state index in [1.807, 2.05) is 0 Å². The van der Waals surface area contributed by atoms with Crippen molar-refractivity contribution in [2.75, 3.05) is 22.8 Å². The van der Waals surface area contributed by atoms with E-state index in [0.29, 0.717) is 28.5 Å². The number of rotatable bonds is 9. The highest BCUT2D eigenvalue weighted by Crippen LogP contribution is 2.42. The number of hydrogen-bond acceptors (Lipinski definition) is 7. The summed E-state index contributed by atoms with van der Waals surface area (Å²) in [6, 6.07) is 4.30. The Kier molecular flexibility index (Phi) is 6.61. The minimum absolute atomic E-state index is 0.140. The van der Waals surface area contributed by atoms with Crippen molar-refractivity contribution in [3.63, 3.8) is 0 Å². The van der Waals surface area contributed by atoms with Crippen LogP contribution in [0, 0.1) is 12.7 Å². The summed E-state index contributed by atoms with van der Waals surface area (Å²) in [7, 11) is -3.69. The van der Waals surface area contributed by atoms with Gasteiger partial charge >= 0.3 is 6.09 Å². The quantitative estimate of drug-likeness (QED) is 0.297. The van der Waals surface area contributed by atoms with Gasteiger partial charge in [-0.15, -0.1) is 0 Å². The second kappa shape index (κ2) is 9.49. The molecule has 3 aromatic rings. The number of aromatic amines is 1. The molecule has 0 spiro atoms. The maximum atomic E-state index is 15.5. The van der Waals surface area contributed by atoms with E-state index in [1.165, 1.54) is 12.3 Å². The number of nitrogens with one attached hydrogen (secondary N) is 4. The summed E-state index contributed by atoms with van der Waals surface area (Å²) in [6.45, 7) is 3.69. The van der Waals surface area contributed by atoms with Gasteiger partial charge in [0.1, 0.15) is 11.5 Å². The first kappa shape index (κ1) is 24.4. The zero-order valence-corrected chi connectivity index (χ0v) is 20.2. The summed E-state index contributed by atoms with van der Waals surface area (Å²) in [5.74, 6) is 0.476. The molecule has 0 radical (unpaired) electrons. The molecule has 1 atom stereocenters. The lowest BCUT2D eigenvalue weighted by Crippen LogP contribution is -2.36. The highest BCUT2D eigenvalue weighted by molar-refractivity contribution is 7.92. The second-order valence-corrected chi connectivity index (χ2v) is 10.4. The van der Waals surface area contributed by atoms with Gasteiger partial charge in [-0.25, -0.2) is 32.6 Å². The van der Waals surface area contributed by atoms with Gasteiger partial charge in [-0.05, 0) is 50.5 Å². The summed E-state index contributed by atoms with van der Waals surface area (Å²) in [5, 5.41) is 14.2. The van der Waals surface area contributed by atoms with Crippen molar-refractivity contribution in [3.8, 4) is 22.6 Å². The summed E-state index contributed by atoms with van der Waals surface area (Å²) in [6.07, 6.45) is 3.30. The average Bonchev–Trinajstić information content (AvgIpc) is 3.52. The Balaban J connectivity index is 1.73. The number of aryl methyl sites for hydroxylation is 1. The number of benzene rings is 1. The van der Waals surface area contributed by atoms with Gasteiger partial charge in [0.25, 0.3) is 0 Å². The van der Waals surface area contributed by atoms with E-state index in [1.54, 1.807) is 26.0 Å². The van der Waals surface area contributed by atoms with Crippen molar-refractivity contribution in [1.82, 2.24) is 25.3 Å². The molecule has 0 aliphatic heterocycles. The molecular weight excluding hydrogens is 477 g/mol. The van der Waals surface area contributed by atoms with Gasteiger partial charge in [0.15, 0.2) is 5.82 Å². The molecule has 4 rings (SSSR count). The van der Waals surface area contributed by atoms with E-state index in [0.717, 1.165) is 19.1 Å². The van der Waals surface area contributed by atoms with Crippen LogP contribution in [0.15, 0.2) is 24.4 Å². The fourth-order valence-electron chi connectivity index (χ4n) is 3.63. The lowest BCUT2D eigenvalue weighted by Gasteiger charge is -2.13. The Bertz CT molecular complexity index is 1370. The van der Waals surface area contributed by atoms with Gasteiger partial charge < -0.3 is 20.7 Å². The van der Waals surface area contributed by atoms with Crippen LogP contribution in [0.3, 0.4) is 0 Å². The van der Waals surface area contributed by atoms with Crippen molar-refractivity contribution >= 4 is 27.8 Å². The molecule has 1 fully saturated rings. The van der Waals surface area contributed by atoms with E-state index >= 15 is 4.39 Å². The molecule has 5 N–H and O–H groups in total. The number of anilines is 2. The Morgan fingerprint density at radius 3 is 2.71 bits per heavy atom. The number of hydrogen-bond donors (Lipinski definition) is 5. The van der Waals surface area contributed by atoms with Crippen LogP contribution in [0.1, 0.15) is 37.1 Å². The molecule has 11 nitrogen and oxygen atoms in total. The SMILES string of the molecule is Cc1cc(NS(C)(=O)=O)c(F)c(-c2nc(C3CC3)[nH]c2-c2ccnc(NC[C@H](C)NC(=O)O)n2)c1. The first-order valence-electron chi connectivity index (χ1n) is 10.9. The van der Waals surface area contributed by atoms with E-state index < -0.39 is 21.9 Å². The number of nitrogens with zero attached hydrogens (tertiary/aromatic N) is 3. The number of imidazole rings is 1. The Labute approximate surface area is 201 Å². The van der Waals surface area contributed by atoms with Gasteiger partial charge in [-0.3, -0.25) is 4.72 Å². The molecule has 1 aliphatic rings. The third-order valence-corrected chi connectivity index (χ3v) is 5.89. The summed E-state index contributed by atoms with van der Waals surface area (Å²) >= 11 is 0. The van der Waals surface area contributed by atoms with E-state index in [4.69, 9.17) is 5.11 Å². The molecule has 2 aromatic heterocycles. The highest BCUT2D eigenvalue weighted by atomic mass is 32.2. The normalized spacial score (nSPS) is 14.4. The first-order valence-corrected chi connectivity index (χ1v) is 12.8. The monoisotopic (exact) mass is 503 g/mol. The van der Waals surface area contributed by atoms with E-state index in [-0.39, 0.29) is 35.7 Å². The Morgan fingerprint density at radius 2 is 2.06 bits per heavy atom. The largest absolute Gasteiger partial charge is 0.465 e. The lowest BCUT2D eigenvalue weighted by molar-refractivity contribution is 0.191. The smallest absolute Gasteiger partial charge is 0.404 e. The zero-order valence-electron chi connectivity index (χ0n) is 19.4. The van der Waals surface area contributed by atoms with Crippen LogP contribution in [0.2, 0.25) is 0 Å². The Hall–Kier alpha value is -3.74. The standard InChI is InChI=1S/C22H26FN7O4S/c1-11-8-14(17(23)16(9-11)30-35(3,33)34)18-19(29-20(28-18)13-4-5-13)15-6-7-24-21(27-15)25-10-12(2)26-22(31)32/h6-9,12-13,26,30H,4-5,10H2,1-3H3,(H,28,29)(H,31,32)(H,24,25,27)/t12-/m0/s1. The summed E-state index contributed by atoms with van der Waals surface area (Å²) < 4.78 is 41.2. The van der Waals surface area contributed by atoms with Crippen molar-refractivity contribution in [3.05, 3.63) is 41.6 Å². The van der Waals surface area contributed by atoms with Crippen LogP contribution in [-0.4, -0.2) is 58.4 Å². The predicted octanol–water partition coefficient (Wildman–Crippen LogP) is 3.30. The van der Waals surface area contributed by atoms with E-state index in [2.05, 4.69) is 35.3 Å². The first-order chi connectivity index (χ1) is 16.5. The molecule has 13 heteroatoms. The van der Waals surface area contributed by atoms with Crippen molar-refractivity contribution < 1.29 is 22.7 Å². The number of H-pyrrole nitrogens is 1. The van der Waals surface area contributed by atoms with Gasteiger partial charge in [0, 0.05) is 30.3 Å². The minimum Gasteiger partial charge on any atom is -0.465 e. The molecule has 186 valence electrons. The predicted molar refractivity (Wildman–Crippen MR) is 129 cm³/mol. The molecule has 1 aliphatic carbocycles. The third-order valence-electron chi connectivity index (χ3n) is 5.30. The number of sulfonamides is 1. The molecule has 1 saturated carbocycles. The highest BCUT2D eigenvalue weighted by Gasteiger charge is 2.30. The van der Waals surface area contributed by atoms with Crippen molar-refractivity contribution in [2.24, 2.45) is 0 Å². The summed E-state index contributed by atoms with van der Waals surface area (Å²) in [5.41, 5.74) is 1.88. The lowest BCUT2D eigenvalue weighted by atomic mass is 10.0. The number of carboxylic acid groups (broad SMARTS) is 1. The number of amides is 1. The molecule has 0 saturated heterocycles. The maximum absolute atomic E-state index is 15.5. The topological polar surface area (TPSA) is 162 Å². The van der Waals surface area contributed by atoms with Crippen LogP contribution in [0.4, 0.5) is 20.8 Å². The second-order valence-electron chi connectivity index (χ2n) is 8.67.